The third kappa shape index (κ3) is 9.11. The molecule has 1 rings (SSSR count). The molecule has 0 saturated carbocycles. The van der Waals surface area contributed by atoms with Crippen LogP contribution in [0.5, 0.6) is 0 Å². The molecule has 0 aliphatic rings. The highest BCUT2D eigenvalue weighted by Gasteiger charge is 2.24. The minimum atomic E-state index is -0.144. The summed E-state index contributed by atoms with van der Waals surface area (Å²) in [7, 11) is 0. The largest absolute Gasteiger partial charge is 0.321 e. The molecule has 1 aromatic rings. The van der Waals surface area contributed by atoms with Gasteiger partial charge in [-0.05, 0) is 36.8 Å². The molecule has 0 heterocycles. The highest BCUT2D eigenvalue weighted by Crippen LogP contribution is 2.29. The van der Waals surface area contributed by atoms with Crippen molar-refractivity contribution in [1.82, 2.24) is 0 Å². The van der Waals surface area contributed by atoms with Gasteiger partial charge in [0.2, 0.25) is 0 Å². The summed E-state index contributed by atoms with van der Waals surface area (Å²) in [6.07, 6.45) is 17.2. The van der Waals surface area contributed by atoms with Gasteiger partial charge in [0.15, 0.2) is 0 Å². The van der Waals surface area contributed by atoms with Crippen molar-refractivity contribution >= 4 is 12.4 Å². The Kier molecular flexibility index (Phi) is 14.3. The molecule has 2 heteroatoms. The van der Waals surface area contributed by atoms with E-state index in [4.69, 9.17) is 5.73 Å². The van der Waals surface area contributed by atoms with Crippen LogP contribution >= 0.6 is 12.4 Å². The lowest BCUT2D eigenvalue weighted by Gasteiger charge is -2.29. The van der Waals surface area contributed by atoms with E-state index in [1.165, 1.54) is 81.8 Å². The molecule has 2 N–H and O–H groups in total. The van der Waals surface area contributed by atoms with E-state index in [1.54, 1.807) is 0 Å². The van der Waals surface area contributed by atoms with Crippen LogP contribution in [0.2, 0.25) is 0 Å². The van der Waals surface area contributed by atoms with Crippen LogP contribution in [0.3, 0.4) is 0 Å². The van der Waals surface area contributed by atoms with Gasteiger partial charge in [0.1, 0.15) is 0 Å². The minimum Gasteiger partial charge on any atom is -0.321 e. The van der Waals surface area contributed by atoms with Gasteiger partial charge in [0, 0.05) is 5.54 Å². The number of benzene rings is 1. The molecular formula is C23H42ClN. The zero-order chi connectivity index (χ0) is 17.7. The first-order valence-corrected chi connectivity index (χ1v) is 10.5. The van der Waals surface area contributed by atoms with E-state index in [1.807, 2.05) is 0 Å². The van der Waals surface area contributed by atoms with Crippen LogP contribution in [-0.4, -0.2) is 0 Å². The first kappa shape index (κ1) is 24.5. The molecule has 0 bridgehead atoms. The summed E-state index contributed by atoms with van der Waals surface area (Å²) in [4.78, 5) is 0. The molecule has 25 heavy (non-hydrogen) atoms. The van der Waals surface area contributed by atoms with Gasteiger partial charge >= 0.3 is 0 Å². The van der Waals surface area contributed by atoms with Crippen LogP contribution in [0, 0.1) is 0 Å². The van der Waals surface area contributed by atoms with Crippen LogP contribution in [0.4, 0.5) is 0 Å². The Labute approximate surface area is 163 Å². The van der Waals surface area contributed by atoms with Crippen molar-refractivity contribution in [2.24, 2.45) is 5.73 Å². The predicted octanol–water partition coefficient (Wildman–Crippen LogP) is 7.55. The Bertz CT molecular complexity index is 426. The Morgan fingerprint density at radius 3 is 1.72 bits per heavy atom. The molecule has 1 aromatic carbocycles. The Hall–Kier alpha value is -0.530. The number of hydrogen-bond acceptors (Lipinski definition) is 1. The Balaban J connectivity index is 0.00000576. The summed E-state index contributed by atoms with van der Waals surface area (Å²) < 4.78 is 0. The minimum absolute atomic E-state index is 0. The third-order valence-electron chi connectivity index (χ3n) is 5.62. The molecular weight excluding hydrogens is 326 g/mol. The van der Waals surface area contributed by atoms with Crippen LogP contribution in [-0.2, 0) is 12.0 Å². The normalized spacial score (nSPS) is 11.4. The number of unbranched alkanes of at least 4 members (excludes halogenated alkanes) is 9. The van der Waals surface area contributed by atoms with Crippen molar-refractivity contribution in [2.45, 2.75) is 110 Å². The van der Waals surface area contributed by atoms with Crippen LogP contribution < -0.4 is 5.73 Å². The number of halogens is 1. The first-order valence-electron chi connectivity index (χ1n) is 10.5. The van der Waals surface area contributed by atoms with Gasteiger partial charge in [-0.2, -0.15) is 0 Å². The van der Waals surface area contributed by atoms with E-state index in [-0.39, 0.29) is 17.9 Å². The standard InChI is InChI=1S/C23H41N.ClH/c1-4-7-8-9-10-11-12-13-14-15-18-21-19-16-17-20-22(21)23(24,5-2)6-3;/h16-17,19-20H,4-15,18,24H2,1-3H3;1H. The monoisotopic (exact) mass is 367 g/mol. The maximum Gasteiger partial charge on any atom is 0.0407 e. The highest BCUT2D eigenvalue weighted by atomic mass is 35.5. The van der Waals surface area contributed by atoms with Crippen molar-refractivity contribution in [3.63, 3.8) is 0 Å². The van der Waals surface area contributed by atoms with Crippen molar-refractivity contribution < 1.29 is 0 Å². The van der Waals surface area contributed by atoms with Gasteiger partial charge in [-0.15, -0.1) is 12.4 Å². The highest BCUT2D eigenvalue weighted by molar-refractivity contribution is 5.85. The number of rotatable bonds is 14. The smallest absolute Gasteiger partial charge is 0.0407 e. The lowest BCUT2D eigenvalue weighted by Crippen LogP contribution is -2.36. The topological polar surface area (TPSA) is 26.0 Å². The van der Waals surface area contributed by atoms with Gasteiger partial charge in [0.25, 0.3) is 0 Å². The fraction of sp³-hybridized carbons (Fsp3) is 0.739. The van der Waals surface area contributed by atoms with Crippen molar-refractivity contribution in [3.05, 3.63) is 35.4 Å². The maximum atomic E-state index is 6.64. The molecule has 0 saturated heterocycles. The summed E-state index contributed by atoms with van der Waals surface area (Å²) in [5, 5.41) is 0. The fourth-order valence-corrected chi connectivity index (χ4v) is 3.66. The lowest BCUT2D eigenvalue weighted by atomic mass is 9.82. The predicted molar refractivity (Wildman–Crippen MR) is 116 cm³/mol. The van der Waals surface area contributed by atoms with E-state index in [0.717, 1.165) is 12.8 Å². The molecule has 0 aromatic heterocycles. The fourth-order valence-electron chi connectivity index (χ4n) is 3.66. The summed E-state index contributed by atoms with van der Waals surface area (Å²) in [6.45, 7) is 6.70. The van der Waals surface area contributed by atoms with Gasteiger partial charge in [-0.3, -0.25) is 0 Å². The zero-order valence-electron chi connectivity index (χ0n) is 17.0. The average molecular weight is 368 g/mol. The molecule has 0 spiro atoms. The second kappa shape index (κ2) is 14.6. The molecule has 0 atom stereocenters. The number of nitrogens with two attached hydrogens (primary N) is 1. The second-order valence-corrected chi connectivity index (χ2v) is 7.45. The molecule has 1 nitrogen and oxygen atoms in total. The third-order valence-corrected chi connectivity index (χ3v) is 5.62. The van der Waals surface area contributed by atoms with Crippen molar-refractivity contribution in [1.29, 1.82) is 0 Å². The Morgan fingerprint density at radius 2 is 1.20 bits per heavy atom. The van der Waals surface area contributed by atoms with Gasteiger partial charge in [-0.1, -0.05) is 103 Å². The van der Waals surface area contributed by atoms with E-state index in [0.29, 0.717) is 0 Å². The zero-order valence-corrected chi connectivity index (χ0v) is 17.8. The molecule has 0 radical (unpaired) electrons. The van der Waals surface area contributed by atoms with E-state index in [9.17, 15) is 0 Å². The quantitative estimate of drug-likeness (QED) is 0.337. The van der Waals surface area contributed by atoms with Gasteiger partial charge < -0.3 is 5.73 Å². The van der Waals surface area contributed by atoms with E-state index in [2.05, 4.69) is 45.0 Å². The number of aryl methyl sites for hydroxylation is 1. The summed E-state index contributed by atoms with van der Waals surface area (Å²) in [6, 6.07) is 8.85. The average Bonchev–Trinajstić information content (AvgIpc) is 2.63. The van der Waals surface area contributed by atoms with Gasteiger partial charge in [0.05, 0.1) is 0 Å². The van der Waals surface area contributed by atoms with Crippen LogP contribution in [0.1, 0.15) is 109 Å². The first-order chi connectivity index (χ1) is 11.7. The number of hydrogen-bond donors (Lipinski definition) is 1. The van der Waals surface area contributed by atoms with Crippen LogP contribution in [0.25, 0.3) is 0 Å². The molecule has 0 unspecified atom stereocenters. The molecule has 0 aliphatic heterocycles. The maximum absolute atomic E-state index is 6.64. The summed E-state index contributed by atoms with van der Waals surface area (Å²) in [5.41, 5.74) is 9.35. The second-order valence-electron chi connectivity index (χ2n) is 7.45. The van der Waals surface area contributed by atoms with Crippen LogP contribution in [0.15, 0.2) is 24.3 Å². The molecule has 146 valence electrons. The summed E-state index contributed by atoms with van der Waals surface area (Å²) >= 11 is 0. The Morgan fingerprint density at radius 1 is 0.720 bits per heavy atom. The van der Waals surface area contributed by atoms with Gasteiger partial charge in [-0.25, -0.2) is 0 Å². The molecule has 0 amide bonds. The SMILES string of the molecule is CCCCCCCCCCCCc1ccccc1C(N)(CC)CC.Cl. The van der Waals surface area contributed by atoms with E-state index >= 15 is 0 Å². The molecule has 0 aliphatic carbocycles. The lowest BCUT2D eigenvalue weighted by molar-refractivity contribution is 0.408. The van der Waals surface area contributed by atoms with E-state index < -0.39 is 0 Å². The van der Waals surface area contributed by atoms with Crippen molar-refractivity contribution in [2.75, 3.05) is 0 Å². The van der Waals surface area contributed by atoms with Crippen molar-refractivity contribution in [3.8, 4) is 0 Å². The summed E-state index contributed by atoms with van der Waals surface area (Å²) in [5.74, 6) is 0. The molecule has 0 fully saturated rings.